The SMILES string of the molecule is CCC[C@@H](O)[C@@H](N)c1ccc(I)cc1. The van der Waals surface area contributed by atoms with Gasteiger partial charge in [0.2, 0.25) is 0 Å². The van der Waals surface area contributed by atoms with E-state index in [1.807, 2.05) is 31.2 Å². The Morgan fingerprint density at radius 2 is 1.93 bits per heavy atom. The van der Waals surface area contributed by atoms with E-state index < -0.39 is 6.10 Å². The molecule has 3 heteroatoms. The first-order valence-electron chi connectivity index (χ1n) is 4.84. The van der Waals surface area contributed by atoms with Crippen molar-refractivity contribution < 1.29 is 5.11 Å². The monoisotopic (exact) mass is 305 g/mol. The number of hydrogen-bond acceptors (Lipinski definition) is 2. The maximum absolute atomic E-state index is 9.71. The minimum Gasteiger partial charge on any atom is -0.391 e. The average molecular weight is 305 g/mol. The largest absolute Gasteiger partial charge is 0.391 e. The molecule has 0 aromatic heterocycles. The van der Waals surface area contributed by atoms with Gasteiger partial charge in [0, 0.05) is 3.57 Å². The molecule has 0 saturated heterocycles. The van der Waals surface area contributed by atoms with E-state index >= 15 is 0 Å². The molecule has 2 atom stereocenters. The molecule has 1 aromatic rings. The van der Waals surface area contributed by atoms with Crippen molar-refractivity contribution in [2.24, 2.45) is 5.73 Å². The molecule has 1 rings (SSSR count). The lowest BCUT2D eigenvalue weighted by Crippen LogP contribution is -2.25. The van der Waals surface area contributed by atoms with Gasteiger partial charge < -0.3 is 10.8 Å². The van der Waals surface area contributed by atoms with Crippen molar-refractivity contribution in [3.05, 3.63) is 33.4 Å². The number of benzene rings is 1. The van der Waals surface area contributed by atoms with E-state index in [2.05, 4.69) is 22.6 Å². The predicted molar refractivity (Wildman–Crippen MR) is 67.0 cm³/mol. The van der Waals surface area contributed by atoms with Crippen LogP contribution in [0.4, 0.5) is 0 Å². The fraction of sp³-hybridized carbons (Fsp3) is 0.455. The highest BCUT2D eigenvalue weighted by Gasteiger charge is 2.15. The zero-order valence-corrected chi connectivity index (χ0v) is 10.4. The summed E-state index contributed by atoms with van der Waals surface area (Å²) in [5, 5.41) is 9.71. The van der Waals surface area contributed by atoms with Gasteiger partial charge in [0.05, 0.1) is 12.1 Å². The summed E-state index contributed by atoms with van der Waals surface area (Å²) in [5.41, 5.74) is 6.93. The van der Waals surface area contributed by atoms with E-state index in [1.54, 1.807) is 0 Å². The number of aliphatic hydroxyl groups is 1. The van der Waals surface area contributed by atoms with Crippen LogP contribution in [0.3, 0.4) is 0 Å². The molecule has 0 bridgehead atoms. The summed E-state index contributed by atoms with van der Waals surface area (Å²) in [7, 11) is 0. The molecule has 2 nitrogen and oxygen atoms in total. The van der Waals surface area contributed by atoms with Crippen LogP contribution in [0.25, 0.3) is 0 Å². The Kier molecular flexibility index (Phi) is 4.84. The second-order valence-electron chi connectivity index (χ2n) is 3.43. The molecule has 0 aliphatic rings. The molecular formula is C11H16INO. The average Bonchev–Trinajstić information content (AvgIpc) is 2.18. The van der Waals surface area contributed by atoms with E-state index in [9.17, 15) is 5.11 Å². The summed E-state index contributed by atoms with van der Waals surface area (Å²) in [6.07, 6.45) is 1.28. The smallest absolute Gasteiger partial charge is 0.0732 e. The van der Waals surface area contributed by atoms with Crippen LogP contribution in [-0.2, 0) is 0 Å². The highest BCUT2D eigenvalue weighted by Crippen LogP contribution is 2.18. The van der Waals surface area contributed by atoms with Crippen molar-refractivity contribution in [1.29, 1.82) is 0 Å². The fourth-order valence-corrected chi connectivity index (χ4v) is 1.74. The quantitative estimate of drug-likeness (QED) is 0.839. The van der Waals surface area contributed by atoms with Gasteiger partial charge in [-0.3, -0.25) is 0 Å². The van der Waals surface area contributed by atoms with Gasteiger partial charge in [-0.25, -0.2) is 0 Å². The van der Waals surface area contributed by atoms with Gasteiger partial charge in [0.15, 0.2) is 0 Å². The number of hydrogen-bond donors (Lipinski definition) is 2. The first kappa shape index (κ1) is 11.9. The summed E-state index contributed by atoms with van der Waals surface area (Å²) in [6, 6.07) is 7.71. The normalized spacial score (nSPS) is 15.1. The minimum atomic E-state index is -0.430. The molecule has 0 unspecified atom stereocenters. The maximum atomic E-state index is 9.71. The zero-order chi connectivity index (χ0) is 10.6. The molecule has 1 aromatic carbocycles. The third-order valence-corrected chi connectivity index (χ3v) is 2.97. The second-order valence-corrected chi connectivity index (χ2v) is 4.68. The summed E-state index contributed by atoms with van der Waals surface area (Å²) in [4.78, 5) is 0. The van der Waals surface area contributed by atoms with E-state index in [0.717, 1.165) is 18.4 Å². The maximum Gasteiger partial charge on any atom is 0.0732 e. The predicted octanol–water partition coefficient (Wildman–Crippen LogP) is 2.45. The van der Waals surface area contributed by atoms with Crippen LogP contribution in [-0.4, -0.2) is 11.2 Å². The van der Waals surface area contributed by atoms with E-state index in [0.29, 0.717) is 0 Å². The van der Waals surface area contributed by atoms with Gasteiger partial charge in [-0.2, -0.15) is 0 Å². The summed E-state index contributed by atoms with van der Waals surface area (Å²) in [5.74, 6) is 0. The fourth-order valence-electron chi connectivity index (χ4n) is 1.38. The molecule has 0 saturated carbocycles. The summed E-state index contributed by atoms with van der Waals surface area (Å²) < 4.78 is 1.18. The number of aliphatic hydroxyl groups excluding tert-OH is 1. The molecule has 0 aliphatic heterocycles. The molecule has 0 radical (unpaired) electrons. The van der Waals surface area contributed by atoms with Gasteiger partial charge in [0.25, 0.3) is 0 Å². The van der Waals surface area contributed by atoms with Gasteiger partial charge in [0.1, 0.15) is 0 Å². The topological polar surface area (TPSA) is 46.2 Å². The van der Waals surface area contributed by atoms with Crippen LogP contribution in [0.1, 0.15) is 31.4 Å². The van der Waals surface area contributed by atoms with Crippen LogP contribution < -0.4 is 5.73 Å². The number of nitrogens with two attached hydrogens (primary N) is 1. The standard InChI is InChI=1S/C11H16INO/c1-2-3-10(14)11(13)8-4-6-9(12)7-5-8/h4-7,10-11,14H,2-3,13H2,1H3/t10-,11+/m1/s1. The summed E-state index contributed by atoms with van der Waals surface area (Å²) >= 11 is 2.25. The lowest BCUT2D eigenvalue weighted by atomic mass is 9.99. The summed E-state index contributed by atoms with van der Waals surface area (Å²) in [6.45, 7) is 2.05. The zero-order valence-electron chi connectivity index (χ0n) is 8.28. The molecule has 14 heavy (non-hydrogen) atoms. The van der Waals surface area contributed by atoms with Gasteiger partial charge >= 0.3 is 0 Å². The highest BCUT2D eigenvalue weighted by atomic mass is 127. The van der Waals surface area contributed by atoms with Crippen molar-refractivity contribution in [1.82, 2.24) is 0 Å². The van der Waals surface area contributed by atoms with Crippen molar-refractivity contribution in [2.45, 2.75) is 31.9 Å². The van der Waals surface area contributed by atoms with Crippen molar-refractivity contribution >= 4 is 22.6 Å². The highest BCUT2D eigenvalue weighted by molar-refractivity contribution is 14.1. The van der Waals surface area contributed by atoms with Gasteiger partial charge in [-0.1, -0.05) is 25.5 Å². The van der Waals surface area contributed by atoms with E-state index in [1.165, 1.54) is 3.57 Å². The number of rotatable bonds is 4. The molecular weight excluding hydrogens is 289 g/mol. The Morgan fingerprint density at radius 1 is 1.36 bits per heavy atom. The molecule has 0 heterocycles. The van der Waals surface area contributed by atoms with Crippen LogP contribution in [0.5, 0.6) is 0 Å². The molecule has 3 N–H and O–H groups in total. The molecule has 78 valence electrons. The van der Waals surface area contributed by atoms with Crippen molar-refractivity contribution in [3.63, 3.8) is 0 Å². The van der Waals surface area contributed by atoms with E-state index in [-0.39, 0.29) is 6.04 Å². The number of halogens is 1. The third-order valence-electron chi connectivity index (χ3n) is 2.25. The molecule has 0 fully saturated rings. The van der Waals surface area contributed by atoms with Gasteiger partial charge in [-0.15, -0.1) is 0 Å². The van der Waals surface area contributed by atoms with Crippen LogP contribution in [0.15, 0.2) is 24.3 Å². The lowest BCUT2D eigenvalue weighted by molar-refractivity contribution is 0.134. The molecule has 0 amide bonds. The van der Waals surface area contributed by atoms with Crippen molar-refractivity contribution in [2.75, 3.05) is 0 Å². The van der Waals surface area contributed by atoms with Crippen LogP contribution >= 0.6 is 22.6 Å². The van der Waals surface area contributed by atoms with Crippen LogP contribution in [0, 0.1) is 3.57 Å². The Morgan fingerprint density at radius 3 is 2.43 bits per heavy atom. The van der Waals surface area contributed by atoms with Gasteiger partial charge in [-0.05, 0) is 46.7 Å². The molecule has 0 spiro atoms. The lowest BCUT2D eigenvalue weighted by Gasteiger charge is -2.18. The third kappa shape index (κ3) is 3.22. The second kappa shape index (κ2) is 5.68. The minimum absolute atomic E-state index is 0.257. The Bertz CT molecular complexity index is 273. The van der Waals surface area contributed by atoms with Crippen LogP contribution in [0.2, 0.25) is 0 Å². The van der Waals surface area contributed by atoms with E-state index in [4.69, 9.17) is 5.73 Å². The Labute approximate surface area is 98.7 Å². The molecule has 0 aliphatic carbocycles. The van der Waals surface area contributed by atoms with Crippen molar-refractivity contribution in [3.8, 4) is 0 Å². The Hall–Kier alpha value is -0.130. The first-order chi connectivity index (χ1) is 6.65. The Balaban J connectivity index is 2.68. The first-order valence-corrected chi connectivity index (χ1v) is 5.92.